The maximum atomic E-state index is 12.6. The first-order chi connectivity index (χ1) is 11.3. The zero-order chi connectivity index (χ0) is 15.6. The van der Waals surface area contributed by atoms with Crippen molar-refractivity contribution in [2.75, 3.05) is 13.2 Å². The molecule has 8 heteroatoms. The van der Waals surface area contributed by atoms with Crippen molar-refractivity contribution in [2.45, 2.75) is 18.9 Å². The van der Waals surface area contributed by atoms with Crippen LogP contribution in [0.15, 0.2) is 31.0 Å². The number of hydrogen-bond donors (Lipinski definition) is 2. The van der Waals surface area contributed by atoms with Gasteiger partial charge in [-0.1, -0.05) is 0 Å². The van der Waals surface area contributed by atoms with E-state index in [0.717, 1.165) is 19.4 Å². The van der Waals surface area contributed by atoms with Crippen LogP contribution in [0.25, 0.3) is 17.0 Å². The Morgan fingerprint density at radius 3 is 3.17 bits per heavy atom. The third-order valence-electron chi connectivity index (χ3n) is 3.84. The highest BCUT2D eigenvalue weighted by atomic mass is 16.5. The molecule has 1 fully saturated rings. The molecule has 0 unspecified atom stereocenters. The third-order valence-corrected chi connectivity index (χ3v) is 3.84. The summed E-state index contributed by atoms with van der Waals surface area (Å²) >= 11 is 0. The Kier molecular flexibility index (Phi) is 3.51. The Balaban J connectivity index is 1.69. The summed E-state index contributed by atoms with van der Waals surface area (Å²) in [6.07, 6.45) is 8.60. The monoisotopic (exact) mass is 312 g/mol. The summed E-state index contributed by atoms with van der Waals surface area (Å²) in [7, 11) is 0. The molecule has 8 nitrogen and oxygen atoms in total. The van der Waals surface area contributed by atoms with E-state index in [1.165, 1.54) is 0 Å². The van der Waals surface area contributed by atoms with Gasteiger partial charge in [-0.05, 0) is 18.9 Å². The van der Waals surface area contributed by atoms with E-state index in [1.807, 2.05) is 6.07 Å². The summed E-state index contributed by atoms with van der Waals surface area (Å²) in [5.74, 6) is 0.191. The van der Waals surface area contributed by atoms with Gasteiger partial charge in [0.1, 0.15) is 6.33 Å². The molecule has 0 spiro atoms. The standard InChI is InChI=1S/C15H16N6O2/c22-14(18-10-2-1-7-23-8-10)13-12-11(3-4-17-12)19-15(20-13)21-6-5-16-9-21/h3-6,9-10,17H,1-2,7-8H2,(H,18,22)/t10-/m0/s1. The predicted octanol–water partition coefficient (Wildman–Crippen LogP) is 1.05. The van der Waals surface area contributed by atoms with Crippen LogP contribution in [-0.2, 0) is 4.74 Å². The van der Waals surface area contributed by atoms with Crippen molar-refractivity contribution < 1.29 is 9.53 Å². The molecule has 1 saturated heterocycles. The first kappa shape index (κ1) is 13.9. The Hall–Kier alpha value is -2.74. The lowest BCUT2D eigenvalue weighted by Gasteiger charge is -2.23. The molecule has 0 aliphatic carbocycles. The van der Waals surface area contributed by atoms with Gasteiger partial charge in [-0.3, -0.25) is 9.36 Å². The average molecular weight is 312 g/mol. The van der Waals surface area contributed by atoms with E-state index in [4.69, 9.17) is 4.74 Å². The molecule has 1 aliphatic heterocycles. The fourth-order valence-corrected chi connectivity index (χ4v) is 2.70. The van der Waals surface area contributed by atoms with E-state index in [9.17, 15) is 4.79 Å². The molecule has 0 aromatic carbocycles. The fraction of sp³-hybridized carbons (Fsp3) is 0.333. The minimum absolute atomic E-state index is 0.0212. The van der Waals surface area contributed by atoms with Gasteiger partial charge in [0.15, 0.2) is 5.69 Å². The van der Waals surface area contributed by atoms with E-state index < -0.39 is 0 Å². The molecule has 4 heterocycles. The predicted molar refractivity (Wildman–Crippen MR) is 82.3 cm³/mol. The van der Waals surface area contributed by atoms with Crippen molar-refractivity contribution in [2.24, 2.45) is 0 Å². The summed E-state index contributed by atoms with van der Waals surface area (Å²) in [4.78, 5) is 28.5. The van der Waals surface area contributed by atoms with Crippen LogP contribution >= 0.6 is 0 Å². The summed E-state index contributed by atoms with van der Waals surface area (Å²) in [5.41, 5.74) is 1.64. The van der Waals surface area contributed by atoms with Crippen molar-refractivity contribution in [3.05, 3.63) is 36.7 Å². The number of aromatic nitrogens is 5. The average Bonchev–Trinajstić information content (AvgIpc) is 3.26. The van der Waals surface area contributed by atoms with Crippen molar-refractivity contribution in [3.63, 3.8) is 0 Å². The highest BCUT2D eigenvalue weighted by Gasteiger charge is 2.21. The largest absolute Gasteiger partial charge is 0.379 e. The lowest BCUT2D eigenvalue weighted by atomic mass is 10.1. The molecule has 1 amide bonds. The van der Waals surface area contributed by atoms with Crippen LogP contribution in [0.4, 0.5) is 0 Å². The van der Waals surface area contributed by atoms with Gasteiger partial charge in [0, 0.05) is 25.2 Å². The van der Waals surface area contributed by atoms with Crippen LogP contribution < -0.4 is 5.32 Å². The maximum absolute atomic E-state index is 12.6. The van der Waals surface area contributed by atoms with Crippen molar-refractivity contribution in [1.82, 2.24) is 29.8 Å². The number of nitrogens with one attached hydrogen (secondary N) is 2. The van der Waals surface area contributed by atoms with Gasteiger partial charge >= 0.3 is 0 Å². The van der Waals surface area contributed by atoms with Crippen LogP contribution in [-0.4, -0.2) is 49.7 Å². The van der Waals surface area contributed by atoms with Gasteiger partial charge in [0.25, 0.3) is 5.91 Å². The number of nitrogens with zero attached hydrogens (tertiary/aromatic N) is 4. The number of carbonyl (C=O) groups excluding carboxylic acids is 1. The molecule has 0 radical (unpaired) electrons. The van der Waals surface area contributed by atoms with Crippen LogP contribution in [0.1, 0.15) is 23.3 Å². The molecule has 118 valence electrons. The number of ether oxygens (including phenoxy) is 1. The summed E-state index contributed by atoms with van der Waals surface area (Å²) < 4.78 is 7.08. The topological polar surface area (TPSA) is 97.7 Å². The molecular weight excluding hydrogens is 296 g/mol. The molecule has 1 aliphatic rings. The quantitative estimate of drug-likeness (QED) is 0.753. The van der Waals surface area contributed by atoms with Crippen LogP contribution in [0.5, 0.6) is 0 Å². The van der Waals surface area contributed by atoms with Gasteiger partial charge in [0.05, 0.1) is 23.7 Å². The van der Waals surface area contributed by atoms with E-state index >= 15 is 0 Å². The Morgan fingerprint density at radius 2 is 2.39 bits per heavy atom. The Bertz CT molecular complexity index is 820. The van der Waals surface area contributed by atoms with Gasteiger partial charge in [-0.15, -0.1) is 0 Å². The molecule has 0 bridgehead atoms. The first-order valence-electron chi connectivity index (χ1n) is 7.53. The summed E-state index contributed by atoms with van der Waals surface area (Å²) in [5, 5.41) is 2.99. The molecule has 1 atom stereocenters. The van der Waals surface area contributed by atoms with Crippen LogP contribution in [0.3, 0.4) is 0 Å². The smallest absolute Gasteiger partial charge is 0.272 e. The Morgan fingerprint density at radius 1 is 1.43 bits per heavy atom. The number of aromatic amines is 1. The summed E-state index contributed by atoms with van der Waals surface area (Å²) in [6.45, 7) is 1.30. The fourth-order valence-electron chi connectivity index (χ4n) is 2.70. The highest BCUT2D eigenvalue weighted by Crippen LogP contribution is 2.16. The molecule has 4 rings (SSSR count). The highest BCUT2D eigenvalue weighted by molar-refractivity contribution is 6.03. The zero-order valence-electron chi connectivity index (χ0n) is 12.4. The third kappa shape index (κ3) is 2.68. The van der Waals surface area contributed by atoms with Gasteiger partial charge in [-0.2, -0.15) is 0 Å². The second kappa shape index (κ2) is 5.81. The van der Waals surface area contributed by atoms with E-state index in [-0.39, 0.29) is 11.9 Å². The van der Waals surface area contributed by atoms with Crippen molar-refractivity contribution in [3.8, 4) is 5.95 Å². The van der Waals surface area contributed by atoms with E-state index in [2.05, 4.69) is 25.3 Å². The van der Waals surface area contributed by atoms with E-state index in [0.29, 0.717) is 29.3 Å². The Labute approximate surface area is 131 Å². The van der Waals surface area contributed by atoms with E-state index in [1.54, 1.807) is 29.5 Å². The van der Waals surface area contributed by atoms with Gasteiger partial charge in [-0.25, -0.2) is 15.0 Å². The zero-order valence-corrected chi connectivity index (χ0v) is 12.4. The second-order valence-corrected chi connectivity index (χ2v) is 5.47. The number of amides is 1. The minimum Gasteiger partial charge on any atom is -0.379 e. The number of carbonyl (C=O) groups is 1. The molecule has 3 aromatic heterocycles. The molecular formula is C15H16N6O2. The number of fused-ring (bicyclic) bond motifs is 1. The second-order valence-electron chi connectivity index (χ2n) is 5.47. The number of hydrogen-bond acceptors (Lipinski definition) is 5. The SMILES string of the molecule is O=C(N[C@H]1CCCOC1)c1nc(-n2ccnc2)nc2cc[nH]c12. The van der Waals surface area contributed by atoms with Gasteiger partial charge < -0.3 is 15.0 Å². The summed E-state index contributed by atoms with van der Waals surface area (Å²) in [6, 6.07) is 1.84. The molecule has 2 N–H and O–H groups in total. The van der Waals surface area contributed by atoms with Crippen molar-refractivity contribution >= 4 is 16.9 Å². The maximum Gasteiger partial charge on any atom is 0.272 e. The molecule has 23 heavy (non-hydrogen) atoms. The van der Waals surface area contributed by atoms with Crippen LogP contribution in [0.2, 0.25) is 0 Å². The lowest BCUT2D eigenvalue weighted by molar-refractivity contribution is 0.0622. The van der Waals surface area contributed by atoms with Gasteiger partial charge in [0.2, 0.25) is 5.95 Å². The lowest BCUT2D eigenvalue weighted by Crippen LogP contribution is -2.41. The number of H-pyrrole nitrogens is 1. The number of rotatable bonds is 3. The van der Waals surface area contributed by atoms with Crippen LogP contribution in [0, 0.1) is 0 Å². The normalized spacial score (nSPS) is 18.2. The number of imidazole rings is 1. The van der Waals surface area contributed by atoms with Crippen molar-refractivity contribution in [1.29, 1.82) is 0 Å². The molecule has 0 saturated carbocycles. The molecule has 3 aromatic rings. The minimum atomic E-state index is -0.225. The first-order valence-corrected chi connectivity index (χ1v) is 7.53.